The number of fused-ring (bicyclic) bond motifs is 4. The minimum atomic E-state index is -0.551. The third-order valence-electron chi connectivity index (χ3n) is 8.81. The molecule has 5 rings (SSSR count). The second kappa shape index (κ2) is 7.33. The number of hydrogen-bond donors (Lipinski definition) is 0. The van der Waals surface area contributed by atoms with Crippen LogP contribution in [-0.4, -0.2) is 11.6 Å². The molecule has 0 aromatic heterocycles. The van der Waals surface area contributed by atoms with E-state index in [0.717, 1.165) is 24.2 Å². The van der Waals surface area contributed by atoms with E-state index < -0.39 is 11.8 Å². The minimum Gasteiger partial charge on any atom is -0.487 e. The van der Waals surface area contributed by atoms with Crippen LogP contribution >= 0.6 is 0 Å². The van der Waals surface area contributed by atoms with Gasteiger partial charge in [-0.1, -0.05) is 33.3 Å². The van der Waals surface area contributed by atoms with Crippen molar-refractivity contribution in [3.63, 3.8) is 0 Å². The highest BCUT2D eigenvalue weighted by Crippen LogP contribution is 2.64. The Labute approximate surface area is 190 Å². The molecule has 0 amide bonds. The van der Waals surface area contributed by atoms with Crippen LogP contribution in [0.15, 0.2) is 42.5 Å². The Morgan fingerprint density at radius 3 is 2.62 bits per heavy atom. The van der Waals surface area contributed by atoms with Gasteiger partial charge in [0, 0.05) is 5.92 Å². The van der Waals surface area contributed by atoms with E-state index in [1.54, 1.807) is 12.1 Å². The van der Waals surface area contributed by atoms with Crippen molar-refractivity contribution in [1.82, 2.24) is 0 Å². The van der Waals surface area contributed by atoms with Gasteiger partial charge in [-0.3, -0.25) is 0 Å². The van der Waals surface area contributed by atoms with E-state index in [0.29, 0.717) is 23.0 Å². The quantitative estimate of drug-likeness (QED) is 0.376. The van der Waals surface area contributed by atoms with Crippen molar-refractivity contribution in [3.8, 4) is 11.5 Å². The molecule has 2 saturated carbocycles. The summed E-state index contributed by atoms with van der Waals surface area (Å²) in [7, 11) is 0. The lowest BCUT2D eigenvalue weighted by Gasteiger charge is -2.63. The van der Waals surface area contributed by atoms with Crippen molar-refractivity contribution < 1.29 is 18.7 Å². The topological polar surface area (TPSA) is 35.5 Å². The van der Waals surface area contributed by atoms with Crippen LogP contribution < -0.4 is 9.47 Å². The number of carbonyl (C=O) groups is 1. The lowest BCUT2D eigenvalue weighted by molar-refractivity contribution is -0.162. The van der Waals surface area contributed by atoms with Gasteiger partial charge in [-0.25, -0.2) is 9.18 Å². The van der Waals surface area contributed by atoms with Crippen LogP contribution in [-0.2, 0) is 6.42 Å². The van der Waals surface area contributed by atoms with Crippen LogP contribution in [0, 0.1) is 28.5 Å². The molecule has 4 heteroatoms. The predicted molar refractivity (Wildman–Crippen MR) is 122 cm³/mol. The van der Waals surface area contributed by atoms with Gasteiger partial charge >= 0.3 is 5.97 Å². The van der Waals surface area contributed by atoms with E-state index >= 15 is 0 Å². The number of rotatable bonds is 2. The van der Waals surface area contributed by atoms with Crippen LogP contribution in [0.2, 0.25) is 0 Å². The zero-order valence-electron chi connectivity index (χ0n) is 19.5. The van der Waals surface area contributed by atoms with E-state index in [-0.39, 0.29) is 16.6 Å². The average Bonchev–Trinajstić information content (AvgIpc) is 2.72. The molecule has 2 aliphatic carbocycles. The van der Waals surface area contributed by atoms with Gasteiger partial charge in [-0.15, -0.1) is 0 Å². The van der Waals surface area contributed by atoms with Crippen molar-refractivity contribution in [2.24, 2.45) is 22.7 Å². The predicted octanol–water partition coefficient (Wildman–Crippen LogP) is 6.98. The highest BCUT2D eigenvalue weighted by Gasteiger charge is 2.60. The summed E-state index contributed by atoms with van der Waals surface area (Å²) in [4.78, 5) is 12.5. The fourth-order valence-corrected chi connectivity index (χ4v) is 7.31. The third-order valence-corrected chi connectivity index (χ3v) is 8.81. The van der Waals surface area contributed by atoms with Crippen LogP contribution in [0.25, 0.3) is 0 Å². The molecular formula is C28H33FO3. The number of esters is 1. The average molecular weight is 437 g/mol. The third kappa shape index (κ3) is 3.43. The summed E-state index contributed by atoms with van der Waals surface area (Å²) < 4.78 is 25.7. The molecule has 0 saturated heterocycles. The Morgan fingerprint density at radius 1 is 1.03 bits per heavy atom. The van der Waals surface area contributed by atoms with Gasteiger partial charge in [0.05, 0.1) is 5.56 Å². The maximum atomic E-state index is 13.5. The van der Waals surface area contributed by atoms with E-state index in [2.05, 4.69) is 27.7 Å². The van der Waals surface area contributed by atoms with Gasteiger partial charge < -0.3 is 9.47 Å². The SMILES string of the molecule is CC1(C)CCC[C@]2(C)[C@H]3Cc4cc(OC(=O)c5cccc(F)c5)ccc4O[C@]3(C)CC[C@@H]12. The summed E-state index contributed by atoms with van der Waals surface area (Å²) >= 11 is 0. The Kier molecular flexibility index (Phi) is 4.92. The lowest BCUT2D eigenvalue weighted by atomic mass is 9.44. The first-order valence-electron chi connectivity index (χ1n) is 11.9. The van der Waals surface area contributed by atoms with E-state index in [1.165, 1.54) is 43.9 Å². The maximum Gasteiger partial charge on any atom is 0.343 e. The molecule has 1 aliphatic heterocycles. The molecule has 32 heavy (non-hydrogen) atoms. The summed E-state index contributed by atoms with van der Waals surface area (Å²) in [5, 5.41) is 0. The highest BCUT2D eigenvalue weighted by atomic mass is 19.1. The van der Waals surface area contributed by atoms with Gasteiger partial charge in [0.1, 0.15) is 22.9 Å². The molecule has 0 unspecified atom stereocenters. The molecule has 3 aliphatic rings. The molecule has 1 heterocycles. The first-order chi connectivity index (χ1) is 15.1. The largest absolute Gasteiger partial charge is 0.487 e. The molecule has 0 spiro atoms. The molecule has 0 N–H and O–H groups in total. The van der Waals surface area contributed by atoms with Gasteiger partial charge in [0.2, 0.25) is 0 Å². The van der Waals surface area contributed by atoms with Gasteiger partial charge in [0.15, 0.2) is 0 Å². The Hall–Kier alpha value is -2.36. The summed E-state index contributed by atoms with van der Waals surface area (Å²) in [6, 6.07) is 11.2. The van der Waals surface area contributed by atoms with Crippen LogP contribution in [0.3, 0.4) is 0 Å². The Balaban J connectivity index is 1.43. The Morgan fingerprint density at radius 2 is 1.84 bits per heavy atom. The highest BCUT2D eigenvalue weighted by molar-refractivity contribution is 5.91. The summed E-state index contributed by atoms with van der Waals surface area (Å²) in [6.07, 6.45) is 7.04. The van der Waals surface area contributed by atoms with Gasteiger partial charge in [-0.2, -0.15) is 0 Å². The first-order valence-corrected chi connectivity index (χ1v) is 11.9. The maximum absolute atomic E-state index is 13.5. The molecule has 2 fully saturated rings. The van der Waals surface area contributed by atoms with Crippen LogP contribution in [0.5, 0.6) is 11.5 Å². The minimum absolute atomic E-state index is 0.161. The lowest BCUT2D eigenvalue weighted by Crippen LogP contribution is -2.61. The van der Waals surface area contributed by atoms with Crippen molar-refractivity contribution in [2.45, 2.75) is 71.8 Å². The molecule has 2 aromatic rings. The Bertz CT molecular complexity index is 1060. The monoisotopic (exact) mass is 436 g/mol. The number of carbonyl (C=O) groups excluding carboxylic acids is 1. The molecular weight excluding hydrogens is 403 g/mol. The van der Waals surface area contributed by atoms with E-state index in [1.807, 2.05) is 12.1 Å². The number of ether oxygens (including phenoxy) is 2. The van der Waals surface area contributed by atoms with Crippen LogP contribution in [0.4, 0.5) is 4.39 Å². The summed E-state index contributed by atoms with van der Waals surface area (Å²) in [5.41, 5.74) is 1.74. The number of hydrogen-bond acceptors (Lipinski definition) is 3. The second-order valence-corrected chi connectivity index (χ2v) is 11.3. The van der Waals surface area contributed by atoms with Gasteiger partial charge in [0.25, 0.3) is 0 Å². The van der Waals surface area contributed by atoms with E-state index in [4.69, 9.17) is 9.47 Å². The fourth-order valence-electron chi connectivity index (χ4n) is 7.31. The summed E-state index contributed by atoms with van der Waals surface area (Å²) in [6.45, 7) is 9.67. The summed E-state index contributed by atoms with van der Waals surface area (Å²) in [5.74, 6) is 1.49. The van der Waals surface area contributed by atoms with Crippen molar-refractivity contribution >= 4 is 5.97 Å². The standard InChI is InChI=1S/C28H33FO3/c1-26(2)12-6-13-27(3)23(26)11-14-28(4)24(27)17-19-16-21(9-10-22(19)32-28)31-25(30)18-7-5-8-20(29)15-18/h5,7-10,15-16,23-24H,6,11-14,17H2,1-4H3/t23-,24+,27-,28+/m0/s1. The molecule has 2 aromatic carbocycles. The van der Waals surface area contributed by atoms with Crippen molar-refractivity contribution in [3.05, 3.63) is 59.4 Å². The number of benzene rings is 2. The van der Waals surface area contributed by atoms with Crippen molar-refractivity contribution in [2.75, 3.05) is 0 Å². The molecule has 3 nitrogen and oxygen atoms in total. The first kappa shape index (κ1) is 21.5. The second-order valence-electron chi connectivity index (χ2n) is 11.3. The van der Waals surface area contributed by atoms with Crippen LogP contribution in [0.1, 0.15) is 75.7 Å². The normalized spacial score (nSPS) is 32.7. The van der Waals surface area contributed by atoms with E-state index in [9.17, 15) is 9.18 Å². The number of halogens is 1. The molecule has 170 valence electrons. The zero-order valence-corrected chi connectivity index (χ0v) is 19.5. The van der Waals surface area contributed by atoms with Gasteiger partial charge in [-0.05, 0) is 97.7 Å². The zero-order chi connectivity index (χ0) is 22.7. The molecule has 0 bridgehead atoms. The molecule has 4 atom stereocenters. The fraction of sp³-hybridized carbons (Fsp3) is 0.536. The van der Waals surface area contributed by atoms with Crippen molar-refractivity contribution in [1.29, 1.82) is 0 Å². The molecule has 0 radical (unpaired) electrons. The smallest absolute Gasteiger partial charge is 0.343 e.